The van der Waals surface area contributed by atoms with Crippen LogP contribution in [-0.2, 0) is 15.7 Å². The van der Waals surface area contributed by atoms with Crippen molar-refractivity contribution < 1.29 is 41.1 Å². The fourth-order valence-electron chi connectivity index (χ4n) is 4.35. The Kier molecular flexibility index (Phi) is 7.63. The molecule has 9 nitrogen and oxygen atoms in total. The molecule has 5 rings (SSSR count). The van der Waals surface area contributed by atoms with Crippen molar-refractivity contribution in [1.82, 2.24) is 25.2 Å². The Hall–Kier alpha value is -4.17. The Morgan fingerprint density at radius 3 is 2.65 bits per heavy atom. The number of benzene rings is 2. The average molecular weight is 563 g/mol. The second-order valence-corrected chi connectivity index (χ2v) is 9.15. The van der Waals surface area contributed by atoms with Crippen molar-refractivity contribution in [2.45, 2.75) is 25.1 Å². The number of esters is 1. The van der Waals surface area contributed by atoms with Gasteiger partial charge in [-0.15, -0.1) is 0 Å². The smallest absolute Gasteiger partial charge is 0.434 e. The van der Waals surface area contributed by atoms with E-state index in [1.807, 2.05) is 0 Å². The van der Waals surface area contributed by atoms with Gasteiger partial charge in [-0.1, -0.05) is 29.4 Å². The minimum atomic E-state index is -5.00. The highest BCUT2D eigenvalue weighted by Gasteiger charge is 2.41. The van der Waals surface area contributed by atoms with Crippen LogP contribution < -0.4 is 5.32 Å². The number of piperidine rings is 1. The number of nitrogens with one attached hydrogen (secondary N) is 1. The quantitative estimate of drug-likeness (QED) is 0.250. The number of ether oxygens (including phenoxy) is 1. The summed E-state index contributed by atoms with van der Waals surface area (Å²) in [6.45, 7) is 1.15. The minimum Gasteiger partial charge on any atom is -0.462 e. The van der Waals surface area contributed by atoms with Gasteiger partial charge in [0.2, 0.25) is 5.82 Å². The van der Waals surface area contributed by atoms with E-state index >= 15 is 0 Å². The summed E-state index contributed by atoms with van der Waals surface area (Å²) in [6.07, 6.45) is -3.71. The molecule has 210 valence electrons. The molecule has 0 amide bonds. The number of carbonyl (C=O) groups is 1. The van der Waals surface area contributed by atoms with Crippen LogP contribution in [0.4, 0.5) is 22.0 Å². The van der Waals surface area contributed by atoms with Gasteiger partial charge in [0.15, 0.2) is 11.5 Å². The predicted molar refractivity (Wildman–Crippen MR) is 129 cm³/mol. The first-order valence-electron chi connectivity index (χ1n) is 12.2. The molecule has 40 heavy (non-hydrogen) atoms. The summed E-state index contributed by atoms with van der Waals surface area (Å²) < 4.78 is 80.1. The van der Waals surface area contributed by atoms with Crippen LogP contribution in [0.25, 0.3) is 28.5 Å². The van der Waals surface area contributed by atoms with Gasteiger partial charge in [-0.05, 0) is 37.1 Å². The molecule has 1 aliphatic rings. The number of aliphatic hydroxyl groups excluding tert-OH is 1. The van der Waals surface area contributed by atoms with Gasteiger partial charge in [0.1, 0.15) is 24.2 Å². The molecular formula is C26H22F5N5O4. The topological polar surface area (TPSA) is 115 Å². The molecule has 2 aromatic heterocycles. The maximum atomic E-state index is 14.2. The van der Waals surface area contributed by atoms with E-state index in [0.29, 0.717) is 28.4 Å². The van der Waals surface area contributed by atoms with Gasteiger partial charge in [-0.25, -0.2) is 13.5 Å². The van der Waals surface area contributed by atoms with Gasteiger partial charge in [0.25, 0.3) is 5.89 Å². The third kappa shape index (κ3) is 5.72. The van der Waals surface area contributed by atoms with E-state index in [0.717, 1.165) is 37.7 Å². The van der Waals surface area contributed by atoms with Gasteiger partial charge in [-0.2, -0.15) is 23.3 Å². The van der Waals surface area contributed by atoms with Crippen LogP contribution in [0.15, 0.2) is 53.2 Å². The van der Waals surface area contributed by atoms with Gasteiger partial charge >= 0.3 is 12.1 Å². The van der Waals surface area contributed by atoms with Crippen LogP contribution >= 0.6 is 0 Å². The molecule has 2 N–H and O–H groups in total. The van der Waals surface area contributed by atoms with Crippen LogP contribution in [0.3, 0.4) is 0 Å². The number of nitrogens with zero attached hydrogens (tertiary/aromatic N) is 4. The highest BCUT2D eigenvalue weighted by molar-refractivity contribution is 5.72. The number of rotatable bonds is 7. The number of aliphatic hydroxyl groups is 1. The van der Waals surface area contributed by atoms with E-state index in [-0.39, 0.29) is 24.3 Å². The number of alkyl halides is 3. The number of aromatic nitrogens is 4. The van der Waals surface area contributed by atoms with Crippen LogP contribution in [0.1, 0.15) is 30.2 Å². The fourth-order valence-corrected chi connectivity index (χ4v) is 4.35. The summed E-state index contributed by atoms with van der Waals surface area (Å²) >= 11 is 0. The number of halogens is 5. The molecule has 0 saturated carbocycles. The zero-order valence-corrected chi connectivity index (χ0v) is 20.7. The van der Waals surface area contributed by atoms with Crippen LogP contribution in [0.5, 0.6) is 0 Å². The molecule has 2 aromatic carbocycles. The zero-order chi connectivity index (χ0) is 28.4. The molecular weight excluding hydrogens is 541 g/mol. The molecule has 0 spiro atoms. The lowest BCUT2D eigenvalue weighted by Gasteiger charge is -2.22. The van der Waals surface area contributed by atoms with Crippen molar-refractivity contribution in [3.05, 3.63) is 71.6 Å². The molecule has 1 aliphatic heterocycles. The highest BCUT2D eigenvalue weighted by atomic mass is 19.4. The minimum absolute atomic E-state index is 0.0545. The average Bonchev–Trinajstić information content (AvgIpc) is 3.60. The van der Waals surface area contributed by atoms with Gasteiger partial charge in [0.05, 0.1) is 17.7 Å². The lowest BCUT2D eigenvalue weighted by Crippen LogP contribution is -2.35. The lowest BCUT2D eigenvalue weighted by molar-refractivity contribution is -0.152. The predicted octanol–water partition coefficient (Wildman–Crippen LogP) is 4.46. The van der Waals surface area contributed by atoms with Crippen molar-refractivity contribution >= 4 is 5.97 Å². The monoisotopic (exact) mass is 563 g/mol. The second kappa shape index (κ2) is 11.1. The molecule has 4 aromatic rings. The van der Waals surface area contributed by atoms with Gasteiger partial charge in [0, 0.05) is 18.2 Å². The van der Waals surface area contributed by atoms with E-state index in [4.69, 9.17) is 9.26 Å². The number of hydrogen-bond donors (Lipinski definition) is 2. The maximum absolute atomic E-state index is 14.2. The fraction of sp³-hybridized carbons (Fsp3) is 0.308. The molecule has 14 heteroatoms. The van der Waals surface area contributed by atoms with Gasteiger partial charge < -0.3 is 19.7 Å². The molecule has 1 fully saturated rings. The standard InChI is InChI=1S/C26H22F5N5O4/c27-17-7-8-20(19(28)10-17)36-22(26(29,30)31)18(12-33-36)24-34-23(35-40-24)15-5-3-14(4-6-15)21(37)13-39-25(38)16-2-1-9-32-11-16/h3-8,10,12,16,21,32,37H,1-2,9,11,13H2. The van der Waals surface area contributed by atoms with E-state index in [1.54, 1.807) is 0 Å². The molecule has 2 atom stereocenters. The maximum Gasteiger partial charge on any atom is 0.434 e. The largest absolute Gasteiger partial charge is 0.462 e. The summed E-state index contributed by atoms with van der Waals surface area (Å²) in [7, 11) is 0. The normalized spacial score (nSPS) is 16.6. The van der Waals surface area contributed by atoms with Crippen molar-refractivity contribution in [3.8, 4) is 28.5 Å². The Bertz CT molecular complexity index is 1500. The summed E-state index contributed by atoms with van der Waals surface area (Å²) in [6, 6.07) is 8.18. The molecule has 0 aliphatic carbocycles. The molecule has 1 saturated heterocycles. The summed E-state index contributed by atoms with van der Waals surface area (Å²) in [5, 5.41) is 20.9. The molecule has 0 bridgehead atoms. The zero-order valence-electron chi connectivity index (χ0n) is 20.7. The van der Waals surface area contributed by atoms with Crippen LogP contribution in [0.2, 0.25) is 0 Å². The SMILES string of the molecule is O=C(OCC(O)c1ccc(-c2noc(-c3cnn(-c4ccc(F)cc4F)c3C(F)(F)F)n2)cc1)C1CCCNC1. The van der Waals surface area contributed by atoms with Crippen molar-refractivity contribution in [3.63, 3.8) is 0 Å². The Morgan fingerprint density at radius 2 is 1.98 bits per heavy atom. The number of hydrogen-bond acceptors (Lipinski definition) is 8. The third-order valence-electron chi connectivity index (χ3n) is 6.40. The molecule has 3 heterocycles. The van der Waals surface area contributed by atoms with E-state index in [2.05, 4.69) is 20.6 Å². The van der Waals surface area contributed by atoms with Crippen LogP contribution in [-0.4, -0.2) is 50.7 Å². The lowest BCUT2D eigenvalue weighted by atomic mass is 10.00. The Morgan fingerprint density at radius 1 is 1.20 bits per heavy atom. The Labute approximate surface area is 223 Å². The first kappa shape index (κ1) is 27.4. The van der Waals surface area contributed by atoms with E-state index in [1.165, 1.54) is 24.3 Å². The van der Waals surface area contributed by atoms with E-state index < -0.39 is 46.8 Å². The van der Waals surface area contributed by atoms with Gasteiger partial charge in [-0.3, -0.25) is 4.79 Å². The summed E-state index contributed by atoms with van der Waals surface area (Å²) in [4.78, 5) is 16.2. The van der Waals surface area contributed by atoms with E-state index in [9.17, 15) is 31.9 Å². The molecule has 0 radical (unpaired) electrons. The highest BCUT2D eigenvalue weighted by Crippen LogP contribution is 2.38. The summed E-state index contributed by atoms with van der Waals surface area (Å²) in [5.74, 6) is -3.42. The Balaban J connectivity index is 1.33. The van der Waals surface area contributed by atoms with Crippen molar-refractivity contribution in [2.24, 2.45) is 5.92 Å². The van der Waals surface area contributed by atoms with Crippen molar-refractivity contribution in [2.75, 3.05) is 19.7 Å². The van der Waals surface area contributed by atoms with Crippen molar-refractivity contribution in [1.29, 1.82) is 0 Å². The number of carbonyl (C=O) groups excluding carboxylic acids is 1. The second-order valence-electron chi connectivity index (χ2n) is 9.15. The first-order valence-corrected chi connectivity index (χ1v) is 12.2. The molecule has 2 unspecified atom stereocenters. The summed E-state index contributed by atoms with van der Waals surface area (Å²) in [5.41, 5.74) is -1.80. The van der Waals surface area contributed by atoms with Crippen LogP contribution in [0, 0.1) is 17.6 Å². The first-order chi connectivity index (χ1) is 19.1. The third-order valence-corrected chi connectivity index (χ3v) is 6.40.